The fourth-order valence-corrected chi connectivity index (χ4v) is 6.05. The van der Waals surface area contributed by atoms with Gasteiger partial charge >= 0.3 is 16.4 Å². The normalized spacial score (nSPS) is 20.1. The molecule has 1 aromatic carbocycles. The Bertz CT molecular complexity index is 1640. The first-order valence-corrected chi connectivity index (χ1v) is 16.6. The van der Waals surface area contributed by atoms with E-state index in [4.69, 9.17) is 25.3 Å². The number of anilines is 1. The maximum atomic E-state index is 13.4. The molecule has 1 unspecified atom stereocenters. The summed E-state index contributed by atoms with van der Waals surface area (Å²) in [5.41, 5.74) is 4.53. The molecule has 18 nitrogen and oxygen atoms in total. The molecule has 0 aliphatic carbocycles. The maximum Gasteiger partial charge on any atom is 0.418 e. The third-order valence-corrected chi connectivity index (χ3v) is 8.70. The number of hydrogen-bond donors (Lipinski definition) is 7. The van der Waals surface area contributed by atoms with Crippen molar-refractivity contribution < 1.29 is 46.3 Å². The van der Waals surface area contributed by atoms with Crippen molar-refractivity contribution in [3.05, 3.63) is 40.4 Å². The van der Waals surface area contributed by atoms with E-state index < -0.39 is 58.2 Å². The molecule has 256 valence electrons. The summed E-state index contributed by atoms with van der Waals surface area (Å²) in [6.45, 7) is 5.70. The summed E-state index contributed by atoms with van der Waals surface area (Å²) in [4.78, 5) is 48.0. The summed E-state index contributed by atoms with van der Waals surface area (Å²) < 4.78 is 41.2. The quantitative estimate of drug-likeness (QED) is 0.0452. The molecule has 3 heterocycles. The highest BCUT2D eigenvalue weighted by molar-refractivity contribution is 7.80. The molecular formula is C27H36N8O10S2. The van der Waals surface area contributed by atoms with Crippen LogP contribution in [0.4, 0.5) is 5.13 Å². The number of nitrogen functional groups attached to an aromatic ring is 1. The second-order valence-corrected chi connectivity index (χ2v) is 13.3. The lowest BCUT2D eigenvalue weighted by Crippen LogP contribution is -2.76. The van der Waals surface area contributed by atoms with Gasteiger partial charge in [-0.15, -0.1) is 15.6 Å². The lowest BCUT2D eigenvalue weighted by atomic mass is 9.84. The zero-order valence-electron chi connectivity index (χ0n) is 25.7. The first-order chi connectivity index (χ1) is 22.1. The van der Waals surface area contributed by atoms with Gasteiger partial charge in [0.15, 0.2) is 10.8 Å². The number of hydroxylamine groups is 2. The van der Waals surface area contributed by atoms with Crippen LogP contribution in [-0.2, 0) is 40.3 Å². The summed E-state index contributed by atoms with van der Waals surface area (Å²) in [5, 5.41) is 31.3. The Hall–Kier alpha value is -4.37. The van der Waals surface area contributed by atoms with E-state index in [0.29, 0.717) is 27.7 Å². The SMILES string of the molecule is CCc1sc(N)nc1/C(=N/OC(COc1ccc(C(=N)N[C@H]2CCCNC2)cc1)C(=O)O)C(=O)N[C@@H]1C(=O)N(OS(=O)(=O)O)C1(C)C. The van der Waals surface area contributed by atoms with Crippen molar-refractivity contribution in [2.75, 3.05) is 25.4 Å². The Balaban J connectivity index is 1.46. The number of oxime groups is 1. The smallest absolute Gasteiger partial charge is 0.418 e. The number of thiazole rings is 1. The minimum Gasteiger partial charge on any atom is -0.489 e. The fourth-order valence-electron chi connectivity index (χ4n) is 4.82. The van der Waals surface area contributed by atoms with E-state index in [-0.39, 0.29) is 22.7 Å². The molecule has 4 rings (SSSR count). The molecule has 3 atom stereocenters. The summed E-state index contributed by atoms with van der Waals surface area (Å²) >= 11 is 1.06. The van der Waals surface area contributed by atoms with E-state index >= 15 is 0 Å². The second kappa shape index (κ2) is 14.6. The molecule has 20 heteroatoms. The number of amides is 2. The van der Waals surface area contributed by atoms with Crippen LogP contribution in [0.5, 0.6) is 5.75 Å². The number of hydrogen-bond acceptors (Lipinski definition) is 14. The molecule has 0 saturated carbocycles. The van der Waals surface area contributed by atoms with Gasteiger partial charge in [0.2, 0.25) is 0 Å². The maximum absolute atomic E-state index is 13.4. The van der Waals surface area contributed by atoms with Gasteiger partial charge in [0.05, 0.1) is 5.54 Å². The number of aliphatic carboxylic acids is 1. The molecule has 2 aliphatic heterocycles. The molecule has 0 bridgehead atoms. The van der Waals surface area contributed by atoms with Crippen molar-refractivity contribution in [3.8, 4) is 5.75 Å². The highest BCUT2D eigenvalue weighted by atomic mass is 32.3. The lowest BCUT2D eigenvalue weighted by molar-refractivity contribution is -0.218. The number of nitrogens with zero attached hydrogens (tertiary/aromatic N) is 3. The van der Waals surface area contributed by atoms with Crippen molar-refractivity contribution in [2.45, 2.75) is 63.8 Å². The van der Waals surface area contributed by atoms with Crippen molar-refractivity contribution in [3.63, 3.8) is 0 Å². The number of amidine groups is 1. The molecule has 2 fully saturated rings. The number of benzene rings is 1. The molecule has 0 radical (unpaired) electrons. The van der Waals surface area contributed by atoms with Crippen LogP contribution < -0.4 is 26.4 Å². The van der Waals surface area contributed by atoms with E-state index in [1.54, 1.807) is 31.2 Å². The predicted molar refractivity (Wildman–Crippen MR) is 168 cm³/mol. The van der Waals surface area contributed by atoms with Crippen LogP contribution in [-0.4, -0.2) is 101 Å². The second-order valence-electron chi connectivity index (χ2n) is 11.1. The Labute approximate surface area is 274 Å². The summed E-state index contributed by atoms with van der Waals surface area (Å²) in [6.07, 6.45) is 0.644. The highest BCUT2D eigenvalue weighted by Crippen LogP contribution is 2.33. The van der Waals surface area contributed by atoms with Crippen LogP contribution in [0.25, 0.3) is 0 Å². The van der Waals surface area contributed by atoms with Crippen LogP contribution >= 0.6 is 11.3 Å². The van der Waals surface area contributed by atoms with Gasteiger partial charge in [0, 0.05) is 23.0 Å². The van der Waals surface area contributed by atoms with Gasteiger partial charge in [-0.3, -0.25) is 19.6 Å². The highest BCUT2D eigenvalue weighted by Gasteiger charge is 2.58. The Morgan fingerprint density at radius 1 is 1.30 bits per heavy atom. The summed E-state index contributed by atoms with van der Waals surface area (Å²) in [7, 11) is -5.03. The molecule has 1 aromatic heterocycles. The molecule has 2 amide bonds. The number of piperidine rings is 1. The van der Waals surface area contributed by atoms with Crippen LogP contribution in [0.15, 0.2) is 29.4 Å². The number of carboxylic acids is 1. The van der Waals surface area contributed by atoms with E-state index in [9.17, 15) is 27.9 Å². The molecule has 0 spiro atoms. The Morgan fingerprint density at radius 3 is 2.57 bits per heavy atom. The molecule has 47 heavy (non-hydrogen) atoms. The van der Waals surface area contributed by atoms with Crippen molar-refractivity contribution >= 4 is 56.2 Å². The first-order valence-electron chi connectivity index (χ1n) is 14.4. The monoisotopic (exact) mass is 696 g/mol. The molecule has 2 aliphatic rings. The number of rotatable bonds is 14. The molecule has 2 aromatic rings. The van der Waals surface area contributed by atoms with Gasteiger partial charge in [-0.05, 0) is 63.9 Å². The third-order valence-electron chi connectivity index (χ3n) is 7.33. The van der Waals surface area contributed by atoms with Crippen molar-refractivity contribution in [2.24, 2.45) is 5.16 Å². The average molecular weight is 697 g/mol. The van der Waals surface area contributed by atoms with Gasteiger partial charge in [-0.1, -0.05) is 12.1 Å². The molecular weight excluding hydrogens is 660 g/mol. The van der Waals surface area contributed by atoms with E-state index in [1.807, 2.05) is 0 Å². The van der Waals surface area contributed by atoms with Gasteiger partial charge in [-0.2, -0.15) is 13.5 Å². The average Bonchev–Trinajstić information content (AvgIpc) is 3.40. The number of aryl methyl sites for hydroxylation is 1. The van der Waals surface area contributed by atoms with Gasteiger partial charge in [0.25, 0.3) is 17.9 Å². The molecule has 8 N–H and O–H groups in total. The number of carboxylic acid groups (broad SMARTS) is 1. The third kappa shape index (κ3) is 8.71. The van der Waals surface area contributed by atoms with E-state index in [2.05, 4.69) is 30.4 Å². The van der Waals surface area contributed by atoms with E-state index in [0.717, 1.165) is 37.3 Å². The molecule has 2 saturated heterocycles. The van der Waals surface area contributed by atoms with Gasteiger partial charge < -0.3 is 36.4 Å². The predicted octanol–water partition coefficient (Wildman–Crippen LogP) is 0.0476. The largest absolute Gasteiger partial charge is 0.489 e. The summed E-state index contributed by atoms with van der Waals surface area (Å²) in [6, 6.07) is 5.27. The zero-order valence-corrected chi connectivity index (χ0v) is 27.3. The van der Waals surface area contributed by atoms with Crippen LogP contribution in [0.3, 0.4) is 0 Å². The lowest BCUT2D eigenvalue weighted by Gasteiger charge is -2.50. The number of nitrogens with two attached hydrogens (primary N) is 1. The van der Waals surface area contributed by atoms with Crippen LogP contribution in [0.2, 0.25) is 0 Å². The Kier molecular flexibility index (Phi) is 11.0. The number of β-lactam (4-membered cyclic amide) rings is 1. The fraction of sp³-hybridized carbons (Fsp3) is 0.481. The minimum absolute atomic E-state index is 0.0103. The first kappa shape index (κ1) is 35.5. The van der Waals surface area contributed by atoms with Crippen molar-refractivity contribution in [1.29, 1.82) is 5.41 Å². The van der Waals surface area contributed by atoms with E-state index in [1.165, 1.54) is 13.8 Å². The van der Waals surface area contributed by atoms with Gasteiger partial charge in [-0.25, -0.2) is 9.78 Å². The van der Waals surface area contributed by atoms with Crippen LogP contribution in [0, 0.1) is 5.41 Å². The number of aromatic nitrogens is 1. The van der Waals surface area contributed by atoms with Gasteiger partial charge in [0.1, 0.15) is 29.9 Å². The standard InChI is InChI=1S/C27H36N8O10S2/c1-4-18-19(32-26(29)46-18)20(23(36)33-21-24(37)35(27(21,2)3)45-47(40,41)42)34-44-17(25(38)39)13-43-16-9-7-14(8-10-16)22(28)31-15-6-5-11-30-12-15/h7-10,15,17,21,30H,4-6,11-13H2,1-3H3,(H2,28,31)(H2,29,32)(H,33,36)(H,38,39)(H,40,41,42)/b34-20-/t15-,17?,21+/m0/s1. The number of ether oxygens (including phenoxy) is 1. The van der Waals surface area contributed by atoms with Crippen LogP contribution in [0.1, 0.15) is 49.7 Å². The number of carbonyl (C=O) groups excluding carboxylic acids is 2. The number of nitrogens with one attached hydrogen (secondary N) is 4. The number of carbonyl (C=O) groups is 3. The minimum atomic E-state index is -5.03. The van der Waals surface area contributed by atoms with Crippen molar-refractivity contribution in [1.82, 2.24) is 26.0 Å². The Morgan fingerprint density at radius 2 is 2.00 bits per heavy atom. The zero-order chi connectivity index (χ0) is 34.5. The topological polar surface area (TPSA) is 268 Å². The summed E-state index contributed by atoms with van der Waals surface area (Å²) in [5.74, 6) is -2.92.